The molecule has 0 spiro atoms. The SMILES string of the molecule is CCCN(C(C)C)C1CC(C(C)(C)CC)CCC1NCC. The van der Waals surface area contributed by atoms with Crippen molar-refractivity contribution >= 4 is 0 Å². The first-order chi connectivity index (χ1) is 9.87. The van der Waals surface area contributed by atoms with E-state index in [0.29, 0.717) is 17.5 Å². The summed E-state index contributed by atoms with van der Waals surface area (Å²) in [5.74, 6) is 0.875. The van der Waals surface area contributed by atoms with Gasteiger partial charge < -0.3 is 5.32 Å². The van der Waals surface area contributed by atoms with Crippen LogP contribution in [0.25, 0.3) is 0 Å². The van der Waals surface area contributed by atoms with Crippen LogP contribution < -0.4 is 5.32 Å². The van der Waals surface area contributed by atoms with Crippen LogP contribution in [0.1, 0.15) is 80.6 Å². The molecule has 1 saturated carbocycles. The second-order valence-electron chi connectivity index (χ2n) is 7.92. The normalized spacial score (nSPS) is 27.6. The molecule has 3 atom stereocenters. The predicted molar refractivity (Wildman–Crippen MR) is 94.8 cm³/mol. The number of rotatable bonds is 8. The Bertz CT molecular complexity index is 285. The highest BCUT2D eigenvalue weighted by Gasteiger charge is 2.39. The van der Waals surface area contributed by atoms with Crippen molar-refractivity contribution in [2.45, 2.75) is 98.7 Å². The lowest BCUT2D eigenvalue weighted by Gasteiger charge is -2.48. The van der Waals surface area contributed by atoms with E-state index in [1.807, 2.05) is 0 Å². The first-order valence-electron chi connectivity index (χ1n) is 9.36. The summed E-state index contributed by atoms with van der Waals surface area (Å²) in [6.45, 7) is 18.9. The highest BCUT2D eigenvalue weighted by atomic mass is 15.2. The maximum Gasteiger partial charge on any atom is 0.0254 e. The molecule has 2 heteroatoms. The van der Waals surface area contributed by atoms with Gasteiger partial charge in [0, 0.05) is 18.1 Å². The molecule has 1 aliphatic carbocycles. The highest BCUT2D eigenvalue weighted by molar-refractivity contribution is 4.95. The Morgan fingerprint density at radius 3 is 2.29 bits per heavy atom. The molecular weight excluding hydrogens is 256 g/mol. The first kappa shape index (κ1) is 19.0. The van der Waals surface area contributed by atoms with Crippen molar-refractivity contribution in [3.05, 3.63) is 0 Å². The van der Waals surface area contributed by atoms with E-state index in [-0.39, 0.29) is 0 Å². The van der Waals surface area contributed by atoms with Gasteiger partial charge in [-0.2, -0.15) is 0 Å². The molecule has 1 rings (SSSR count). The summed E-state index contributed by atoms with van der Waals surface area (Å²) in [5, 5.41) is 3.78. The molecule has 1 aliphatic rings. The molecule has 0 aromatic rings. The van der Waals surface area contributed by atoms with Crippen molar-refractivity contribution in [2.75, 3.05) is 13.1 Å². The lowest BCUT2D eigenvalue weighted by molar-refractivity contribution is 0.0344. The average molecular weight is 297 g/mol. The van der Waals surface area contributed by atoms with Gasteiger partial charge in [-0.05, 0) is 64.0 Å². The third-order valence-corrected chi connectivity index (χ3v) is 5.87. The van der Waals surface area contributed by atoms with Gasteiger partial charge in [-0.3, -0.25) is 4.90 Å². The van der Waals surface area contributed by atoms with Crippen molar-refractivity contribution in [1.29, 1.82) is 0 Å². The molecule has 3 unspecified atom stereocenters. The zero-order valence-corrected chi connectivity index (χ0v) is 15.7. The monoisotopic (exact) mass is 296 g/mol. The minimum atomic E-state index is 0.490. The number of hydrogen-bond acceptors (Lipinski definition) is 2. The minimum absolute atomic E-state index is 0.490. The van der Waals surface area contributed by atoms with E-state index in [1.54, 1.807) is 0 Å². The molecule has 0 amide bonds. The molecule has 0 aliphatic heterocycles. The smallest absolute Gasteiger partial charge is 0.0254 e. The van der Waals surface area contributed by atoms with Crippen LogP contribution in [0, 0.1) is 11.3 Å². The summed E-state index contributed by atoms with van der Waals surface area (Å²) in [7, 11) is 0. The van der Waals surface area contributed by atoms with Crippen molar-refractivity contribution in [3.63, 3.8) is 0 Å². The van der Waals surface area contributed by atoms with Gasteiger partial charge in [0.05, 0.1) is 0 Å². The summed E-state index contributed by atoms with van der Waals surface area (Å²) in [5.41, 5.74) is 0.490. The summed E-state index contributed by atoms with van der Waals surface area (Å²) in [6.07, 6.45) is 6.67. The second-order valence-corrected chi connectivity index (χ2v) is 7.92. The number of nitrogens with one attached hydrogen (secondary N) is 1. The molecule has 1 N–H and O–H groups in total. The largest absolute Gasteiger partial charge is 0.313 e. The topological polar surface area (TPSA) is 15.3 Å². The lowest BCUT2D eigenvalue weighted by atomic mass is 9.67. The number of nitrogens with zero attached hydrogens (tertiary/aromatic N) is 1. The standard InChI is InChI=1S/C19H40N2/c1-8-13-21(15(4)5)18-14-16(19(6,7)9-2)11-12-17(18)20-10-3/h15-18,20H,8-14H2,1-7H3. The van der Waals surface area contributed by atoms with Crippen molar-refractivity contribution in [2.24, 2.45) is 11.3 Å². The van der Waals surface area contributed by atoms with Crippen LogP contribution >= 0.6 is 0 Å². The summed E-state index contributed by atoms with van der Waals surface area (Å²) >= 11 is 0. The molecule has 0 aromatic carbocycles. The van der Waals surface area contributed by atoms with Crippen LogP contribution in [0.4, 0.5) is 0 Å². The molecule has 0 aromatic heterocycles. The second kappa shape index (κ2) is 8.53. The average Bonchev–Trinajstić information content (AvgIpc) is 2.45. The summed E-state index contributed by atoms with van der Waals surface area (Å²) < 4.78 is 0. The van der Waals surface area contributed by atoms with E-state index in [4.69, 9.17) is 0 Å². The Balaban J connectivity index is 2.89. The third-order valence-electron chi connectivity index (χ3n) is 5.87. The van der Waals surface area contributed by atoms with Gasteiger partial charge in [0.1, 0.15) is 0 Å². The fraction of sp³-hybridized carbons (Fsp3) is 1.00. The number of hydrogen-bond donors (Lipinski definition) is 1. The van der Waals surface area contributed by atoms with Crippen LogP contribution in [-0.2, 0) is 0 Å². The Hall–Kier alpha value is -0.0800. The van der Waals surface area contributed by atoms with Crippen LogP contribution in [0.15, 0.2) is 0 Å². The van der Waals surface area contributed by atoms with Crippen molar-refractivity contribution < 1.29 is 0 Å². The molecule has 21 heavy (non-hydrogen) atoms. The Morgan fingerprint density at radius 2 is 1.81 bits per heavy atom. The molecular formula is C19H40N2. The van der Waals surface area contributed by atoms with E-state index < -0.39 is 0 Å². The maximum atomic E-state index is 3.78. The van der Waals surface area contributed by atoms with Crippen molar-refractivity contribution in [3.8, 4) is 0 Å². The van der Waals surface area contributed by atoms with E-state index in [9.17, 15) is 0 Å². The molecule has 126 valence electrons. The van der Waals surface area contributed by atoms with Crippen LogP contribution in [0.2, 0.25) is 0 Å². The van der Waals surface area contributed by atoms with Gasteiger partial charge in [0.2, 0.25) is 0 Å². The minimum Gasteiger partial charge on any atom is -0.313 e. The Labute approximate surface area is 134 Å². The fourth-order valence-electron chi connectivity index (χ4n) is 4.08. The highest BCUT2D eigenvalue weighted by Crippen LogP contribution is 2.42. The third kappa shape index (κ3) is 4.96. The van der Waals surface area contributed by atoms with E-state index in [1.165, 1.54) is 38.6 Å². The molecule has 0 heterocycles. The zero-order valence-electron chi connectivity index (χ0n) is 15.7. The molecule has 0 saturated heterocycles. The number of likely N-dealkylation sites (N-methyl/N-ethyl adjacent to an activating group) is 1. The van der Waals surface area contributed by atoms with Gasteiger partial charge in [0.15, 0.2) is 0 Å². The Morgan fingerprint density at radius 1 is 1.14 bits per heavy atom. The molecule has 0 bridgehead atoms. The fourth-order valence-corrected chi connectivity index (χ4v) is 4.08. The van der Waals surface area contributed by atoms with Crippen LogP contribution in [-0.4, -0.2) is 36.1 Å². The van der Waals surface area contributed by atoms with Gasteiger partial charge in [-0.15, -0.1) is 0 Å². The van der Waals surface area contributed by atoms with Gasteiger partial charge >= 0.3 is 0 Å². The maximum absolute atomic E-state index is 3.78. The zero-order chi connectivity index (χ0) is 16.0. The van der Waals surface area contributed by atoms with E-state index >= 15 is 0 Å². The van der Waals surface area contributed by atoms with Gasteiger partial charge in [-0.1, -0.05) is 41.0 Å². The predicted octanol–water partition coefficient (Wildman–Crippen LogP) is 4.69. The van der Waals surface area contributed by atoms with E-state index in [2.05, 4.69) is 58.7 Å². The molecule has 1 fully saturated rings. The van der Waals surface area contributed by atoms with Crippen molar-refractivity contribution in [1.82, 2.24) is 10.2 Å². The quantitative estimate of drug-likeness (QED) is 0.699. The molecule has 0 radical (unpaired) electrons. The Kier molecular flexibility index (Phi) is 7.70. The summed E-state index contributed by atoms with van der Waals surface area (Å²) in [6, 6.07) is 2.06. The molecule has 2 nitrogen and oxygen atoms in total. The van der Waals surface area contributed by atoms with Crippen LogP contribution in [0.5, 0.6) is 0 Å². The van der Waals surface area contributed by atoms with E-state index in [0.717, 1.165) is 18.5 Å². The van der Waals surface area contributed by atoms with Gasteiger partial charge in [0.25, 0.3) is 0 Å². The lowest BCUT2D eigenvalue weighted by Crippen LogP contribution is -2.56. The van der Waals surface area contributed by atoms with Gasteiger partial charge in [-0.25, -0.2) is 0 Å². The first-order valence-corrected chi connectivity index (χ1v) is 9.36. The summed E-state index contributed by atoms with van der Waals surface area (Å²) in [4.78, 5) is 2.77. The van der Waals surface area contributed by atoms with Crippen LogP contribution in [0.3, 0.4) is 0 Å².